The highest BCUT2D eigenvalue weighted by Crippen LogP contribution is 2.27. The van der Waals surface area contributed by atoms with Gasteiger partial charge in [-0.2, -0.15) is 0 Å². The number of carbonyl (C=O) groups excluding carboxylic acids is 1. The molecular formula is C24H25ClN4O4S. The van der Waals surface area contributed by atoms with Gasteiger partial charge in [0, 0.05) is 37.3 Å². The first-order chi connectivity index (χ1) is 16.5. The molecule has 1 aliphatic heterocycles. The van der Waals surface area contributed by atoms with Crippen LogP contribution in [0.5, 0.6) is 11.5 Å². The number of H-pyrrole nitrogens is 1. The standard InChI is InChI=1S/C24H25ClN4O4S/c1-32-20-6-4-3-5-15(20)12-29-10-9-19-17(13-29)23(31)28-24(27-19)34-14-22(30)26-16-7-8-21(33-2)18(25)11-16/h3-8,11H,9-10,12-14H2,1-2H3,(H,26,30)(H,27,28,31). The Bertz CT molecular complexity index is 1250. The third kappa shape index (κ3) is 5.72. The minimum atomic E-state index is -0.227. The molecule has 0 radical (unpaired) electrons. The highest BCUT2D eigenvalue weighted by atomic mass is 35.5. The monoisotopic (exact) mass is 500 g/mol. The van der Waals surface area contributed by atoms with E-state index in [1.807, 2.05) is 24.3 Å². The summed E-state index contributed by atoms with van der Waals surface area (Å²) in [4.78, 5) is 34.7. The van der Waals surface area contributed by atoms with Gasteiger partial charge >= 0.3 is 0 Å². The number of methoxy groups -OCH3 is 2. The summed E-state index contributed by atoms with van der Waals surface area (Å²) in [6.07, 6.45) is 0.665. The second kappa shape index (κ2) is 10.9. The van der Waals surface area contributed by atoms with E-state index in [1.165, 1.54) is 18.9 Å². The van der Waals surface area contributed by atoms with Crippen LogP contribution in [0.3, 0.4) is 0 Å². The van der Waals surface area contributed by atoms with Gasteiger partial charge in [0.05, 0.1) is 36.3 Å². The van der Waals surface area contributed by atoms with E-state index >= 15 is 0 Å². The number of rotatable bonds is 8. The van der Waals surface area contributed by atoms with Gasteiger partial charge in [-0.05, 0) is 24.3 Å². The lowest BCUT2D eigenvalue weighted by molar-refractivity contribution is -0.113. The van der Waals surface area contributed by atoms with Crippen molar-refractivity contribution >= 4 is 35.0 Å². The Morgan fingerprint density at radius 3 is 2.76 bits per heavy atom. The maximum Gasteiger partial charge on any atom is 0.256 e. The molecule has 178 valence electrons. The molecular weight excluding hydrogens is 476 g/mol. The van der Waals surface area contributed by atoms with E-state index < -0.39 is 0 Å². The molecule has 4 rings (SSSR count). The number of anilines is 1. The van der Waals surface area contributed by atoms with E-state index in [2.05, 4.69) is 20.2 Å². The topological polar surface area (TPSA) is 96.5 Å². The predicted molar refractivity (Wildman–Crippen MR) is 133 cm³/mol. The zero-order valence-corrected chi connectivity index (χ0v) is 20.5. The summed E-state index contributed by atoms with van der Waals surface area (Å²) in [6, 6.07) is 12.9. The lowest BCUT2D eigenvalue weighted by Gasteiger charge is -2.28. The molecule has 34 heavy (non-hydrogen) atoms. The number of benzene rings is 2. The average molecular weight is 501 g/mol. The Hall–Kier alpha value is -3.01. The van der Waals surface area contributed by atoms with Crippen LogP contribution in [0.2, 0.25) is 5.02 Å². The molecule has 10 heteroatoms. The Morgan fingerprint density at radius 2 is 2.00 bits per heavy atom. The number of fused-ring (bicyclic) bond motifs is 1. The van der Waals surface area contributed by atoms with Crippen molar-refractivity contribution in [1.29, 1.82) is 0 Å². The van der Waals surface area contributed by atoms with Gasteiger partial charge < -0.3 is 19.8 Å². The Labute approximate surface area is 206 Å². The van der Waals surface area contributed by atoms with Crippen LogP contribution in [0.15, 0.2) is 52.4 Å². The van der Waals surface area contributed by atoms with E-state index in [0.29, 0.717) is 46.7 Å². The number of ether oxygens (including phenoxy) is 2. The highest BCUT2D eigenvalue weighted by molar-refractivity contribution is 7.99. The van der Waals surface area contributed by atoms with Gasteiger partial charge in [0.25, 0.3) is 5.56 Å². The summed E-state index contributed by atoms with van der Waals surface area (Å²) in [5.41, 5.74) is 2.93. The summed E-state index contributed by atoms with van der Waals surface area (Å²) in [7, 11) is 3.19. The Balaban J connectivity index is 1.37. The molecule has 1 aromatic heterocycles. The third-order valence-electron chi connectivity index (χ3n) is 5.49. The van der Waals surface area contributed by atoms with E-state index in [4.69, 9.17) is 21.1 Å². The summed E-state index contributed by atoms with van der Waals surface area (Å²) in [5.74, 6) is 1.24. The van der Waals surface area contributed by atoms with Crippen LogP contribution >= 0.6 is 23.4 Å². The van der Waals surface area contributed by atoms with Crippen molar-refractivity contribution < 1.29 is 14.3 Å². The molecule has 0 saturated heterocycles. The fraction of sp³-hybridized carbons (Fsp3) is 0.292. The van der Waals surface area contributed by atoms with Crippen LogP contribution in [-0.4, -0.2) is 47.3 Å². The van der Waals surface area contributed by atoms with Gasteiger partial charge in [0.1, 0.15) is 11.5 Å². The largest absolute Gasteiger partial charge is 0.496 e. The minimum absolute atomic E-state index is 0.102. The van der Waals surface area contributed by atoms with Crippen molar-refractivity contribution in [2.24, 2.45) is 0 Å². The van der Waals surface area contributed by atoms with E-state index in [1.54, 1.807) is 25.3 Å². The van der Waals surface area contributed by atoms with Crippen molar-refractivity contribution in [2.75, 3.05) is 31.8 Å². The van der Waals surface area contributed by atoms with Crippen molar-refractivity contribution in [3.63, 3.8) is 0 Å². The van der Waals surface area contributed by atoms with Crippen LogP contribution in [0.1, 0.15) is 16.8 Å². The van der Waals surface area contributed by atoms with Gasteiger partial charge in [-0.15, -0.1) is 0 Å². The van der Waals surface area contributed by atoms with Gasteiger partial charge in [0.15, 0.2) is 5.16 Å². The molecule has 2 N–H and O–H groups in total. The number of aromatic amines is 1. The second-order valence-electron chi connectivity index (χ2n) is 7.76. The molecule has 0 fully saturated rings. The first kappa shape index (κ1) is 24.1. The fourth-order valence-electron chi connectivity index (χ4n) is 3.81. The maximum atomic E-state index is 12.8. The summed E-state index contributed by atoms with van der Waals surface area (Å²) in [5, 5.41) is 3.63. The van der Waals surface area contributed by atoms with Crippen molar-refractivity contribution in [1.82, 2.24) is 14.9 Å². The van der Waals surface area contributed by atoms with Gasteiger partial charge in [-0.25, -0.2) is 4.98 Å². The lowest BCUT2D eigenvalue weighted by atomic mass is 10.1. The Kier molecular flexibility index (Phi) is 7.77. The number of amides is 1. The predicted octanol–water partition coefficient (Wildman–Crippen LogP) is 3.73. The lowest BCUT2D eigenvalue weighted by Crippen LogP contribution is -2.35. The Morgan fingerprint density at radius 1 is 1.21 bits per heavy atom. The van der Waals surface area contributed by atoms with Crippen LogP contribution in [0, 0.1) is 0 Å². The van der Waals surface area contributed by atoms with E-state index in [0.717, 1.165) is 23.6 Å². The molecule has 1 aliphatic rings. The van der Waals surface area contributed by atoms with Gasteiger partial charge in [-0.3, -0.25) is 14.5 Å². The van der Waals surface area contributed by atoms with Gasteiger partial charge in [0.2, 0.25) is 5.91 Å². The molecule has 0 saturated carbocycles. The molecule has 0 unspecified atom stereocenters. The summed E-state index contributed by atoms with van der Waals surface area (Å²) < 4.78 is 10.6. The summed E-state index contributed by atoms with van der Waals surface area (Å²) >= 11 is 7.29. The maximum absolute atomic E-state index is 12.8. The molecule has 0 bridgehead atoms. The average Bonchev–Trinajstić information content (AvgIpc) is 2.83. The third-order valence-corrected chi connectivity index (χ3v) is 6.66. The number of thioether (sulfide) groups is 1. The first-order valence-electron chi connectivity index (χ1n) is 10.7. The van der Waals surface area contributed by atoms with Crippen LogP contribution < -0.4 is 20.3 Å². The SMILES string of the molecule is COc1ccc(NC(=O)CSc2nc3c(c(=O)[nH]2)CN(Cc2ccccc2OC)CC3)cc1Cl. The quantitative estimate of drug-likeness (QED) is 0.359. The molecule has 1 amide bonds. The number of nitrogens with one attached hydrogen (secondary N) is 2. The number of nitrogens with zero attached hydrogens (tertiary/aromatic N) is 2. The number of hydrogen-bond donors (Lipinski definition) is 2. The van der Waals surface area contributed by atoms with Crippen LogP contribution in [-0.2, 0) is 24.3 Å². The number of carbonyl (C=O) groups is 1. The van der Waals surface area contributed by atoms with Crippen molar-refractivity contribution in [3.8, 4) is 11.5 Å². The second-order valence-corrected chi connectivity index (χ2v) is 9.13. The summed E-state index contributed by atoms with van der Waals surface area (Å²) in [6.45, 7) is 1.98. The molecule has 0 atom stereocenters. The smallest absolute Gasteiger partial charge is 0.256 e. The normalized spacial score (nSPS) is 13.3. The molecule has 3 aromatic rings. The van der Waals surface area contributed by atoms with Crippen LogP contribution in [0.4, 0.5) is 5.69 Å². The zero-order chi connectivity index (χ0) is 24.1. The number of para-hydroxylation sites is 1. The molecule has 2 heterocycles. The number of aromatic nitrogens is 2. The first-order valence-corrected chi connectivity index (χ1v) is 12.1. The minimum Gasteiger partial charge on any atom is -0.496 e. The molecule has 0 spiro atoms. The number of hydrogen-bond acceptors (Lipinski definition) is 7. The van der Waals surface area contributed by atoms with E-state index in [-0.39, 0.29) is 17.2 Å². The highest BCUT2D eigenvalue weighted by Gasteiger charge is 2.22. The molecule has 0 aliphatic carbocycles. The molecule has 2 aromatic carbocycles. The van der Waals surface area contributed by atoms with Gasteiger partial charge in [-0.1, -0.05) is 41.6 Å². The van der Waals surface area contributed by atoms with E-state index in [9.17, 15) is 9.59 Å². The van der Waals surface area contributed by atoms with Crippen LogP contribution in [0.25, 0.3) is 0 Å². The van der Waals surface area contributed by atoms with Crippen molar-refractivity contribution in [3.05, 3.63) is 74.7 Å². The molecule has 8 nitrogen and oxygen atoms in total. The number of halogens is 1. The van der Waals surface area contributed by atoms with Crippen molar-refractivity contribution in [2.45, 2.75) is 24.7 Å². The zero-order valence-electron chi connectivity index (χ0n) is 18.9. The fourth-order valence-corrected chi connectivity index (χ4v) is 4.75.